The molecule has 2 heterocycles. The maximum absolute atomic E-state index is 12.2. The molecule has 0 spiro atoms. The first-order valence-electron chi connectivity index (χ1n) is 11.4. The number of carbonyl (C=O) groups is 1. The predicted octanol–water partition coefficient (Wildman–Crippen LogP) is 3.85. The lowest BCUT2D eigenvalue weighted by molar-refractivity contribution is -0.134. The number of benzene rings is 2. The van der Waals surface area contributed by atoms with Gasteiger partial charge < -0.3 is 14.2 Å². The van der Waals surface area contributed by atoms with E-state index in [1.165, 1.54) is 0 Å². The molecule has 2 aromatic carbocycles. The van der Waals surface area contributed by atoms with Crippen molar-refractivity contribution in [2.24, 2.45) is 5.92 Å². The summed E-state index contributed by atoms with van der Waals surface area (Å²) in [6.45, 7) is 4.44. The Labute approximate surface area is 193 Å². The summed E-state index contributed by atoms with van der Waals surface area (Å²) in [5.41, 5.74) is 3.41. The molecule has 0 N–H and O–H groups in total. The number of hydrogen-bond acceptors (Lipinski definition) is 6. The van der Waals surface area contributed by atoms with Crippen molar-refractivity contribution < 1.29 is 14.1 Å². The van der Waals surface area contributed by atoms with Gasteiger partial charge in [0.1, 0.15) is 12.4 Å². The van der Waals surface area contributed by atoms with Crippen LogP contribution in [0.15, 0.2) is 59.1 Å². The second-order valence-electron chi connectivity index (χ2n) is 8.68. The highest BCUT2D eigenvalue weighted by atomic mass is 16.5. The van der Waals surface area contributed by atoms with Crippen molar-refractivity contribution in [3.05, 3.63) is 71.4 Å². The smallest absolute Gasteiger partial charge is 0.225 e. The minimum Gasteiger partial charge on any atom is -0.489 e. The molecule has 0 bridgehead atoms. The first kappa shape index (κ1) is 21.2. The van der Waals surface area contributed by atoms with Crippen molar-refractivity contribution >= 4 is 5.91 Å². The highest BCUT2D eigenvalue weighted by molar-refractivity contribution is 5.81. The number of amides is 1. The van der Waals surface area contributed by atoms with Crippen LogP contribution >= 0.6 is 0 Å². The second-order valence-corrected chi connectivity index (χ2v) is 8.68. The van der Waals surface area contributed by atoms with Crippen LogP contribution < -0.4 is 4.74 Å². The van der Waals surface area contributed by atoms with Crippen LogP contribution in [0.2, 0.25) is 0 Å². The fraction of sp³-hybridized carbons (Fsp3) is 0.346. The summed E-state index contributed by atoms with van der Waals surface area (Å²) >= 11 is 0. The zero-order valence-electron chi connectivity index (χ0n) is 18.4. The first-order valence-corrected chi connectivity index (χ1v) is 11.4. The van der Waals surface area contributed by atoms with Crippen LogP contribution in [-0.4, -0.2) is 47.0 Å². The van der Waals surface area contributed by atoms with E-state index in [1.54, 1.807) is 6.07 Å². The van der Waals surface area contributed by atoms with Crippen LogP contribution in [-0.2, 0) is 17.9 Å². The molecule has 7 heteroatoms. The van der Waals surface area contributed by atoms with Crippen LogP contribution in [0.5, 0.6) is 5.75 Å². The Morgan fingerprint density at radius 1 is 1.09 bits per heavy atom. The average molecular weight is 443 g/mol. The second kappa shape index (κ2) is 9.47. The van der Waals surface area contributed by atoms with E-state index in [2.05, 4.69) is 16.1 Å². The highest BCUT2D eigenvalue weighted by Crippen LogP contribution is 2.31. The minimum absolute atomic E-state index is 0.293. The van der Waals surface area contributed by atoms with Gasteiger partial charge in [-0.3, -0.25) is 9.69 Å². The van der Waals surface area contributed by atoms with Crippen molar-refractivity contribution in [3.63, 3.8) is 0 Å². The Morgan fingerprint density at radius 2 is 1.88 bits per heavy atom. The standard InChI is InChI=1S/C26H26N4O3/c27-16-19-2-1-3-20(14-19)18-32-24-8-6-21(7-9-24)25-15-23(28-33-25)17-29-10-12-30(13-11-29)26(31)22-4-5-22/h1-3,6-9,14-15,22H,4-5,10-13,17-18H2. The third-order valence-electron chi connectivity index (χ3n) is 6.16. The van der Waals surface area contributed by atoms with Crippen LogP contribution in [0.3, 0.4) is 0 Å². The minimum atomic E-state index is 0.293. The van der Waals surface area contributed by atoms with Gasteiger partial charge >= 0.3 is 0 Å². The van der Waals surface area contributed by atoms with E-state index < -0.39 is 0 Å². The fourth-order valence-corrected chi connectivity index (χ4v) is 4.08. The van der Waals surface area contributed by atoms with E-state index in [1.807, 2.05) is 53.4 Å². The van der Waals surface area contributed by atoms with E-state index in [0.29, 0.717) is 24.0 Å². The molecule has 1 amide bonds. The lowest BCUT2D eigenvalue weighted by atomic mass is 10.1. The van der Waals surface area contributed by atoms with Crippen LogP contribution in [0.4, 0.5) is 0 Å². The Morgan fingerprint density at radius 3 is 2.61 bits per heavy atom. The van der Waals surface area contributed by atoms with Crippen molar-refractivity contribution in [2.45, 2.75) is 26.0 Å². The Hall–Kier alpha value is -3.63. The van der Waals surface area contributed by atoms with Gasteiger partial charge in [0, 0.05) is 50.3 Å². The normalized spacial score (nSPS) is 16.4. The number of nitrogens with zero attached hydrogens (tertiary/aromatic N) is 4. The number of carbonyl (C=O) groups excluding carboxylic acids is 1. The molecule has 1 aliphatic heterocycles. The molecule has 1 aliphatic carbocycles. The third kappa shape index (κ3) is 5.24. The summed E-state index contributed by atoms with van der Waals surface area (Å²) in [5.74, 6) is 2.10. The topological polar surface area (TPSA) is 82.6 Å². The molecule has 1 aromatic heterocycles. The Kier molecular flexibility index (Phi) is 6.09. The molecule has 2 fully saturated rings. The number of piperazine rings is 1. The maximum atomic E-state index is 12.2. The molecule has 0 atom stereocenters. The summed E-state index contributed by atoms with van der Waals surface area (Å²) in [4.78, 5) is 16.5. The maximum Gasteiger partial charge on any atom is 0.225 e. The van der Waals surface area contributed by atoms with Crippen LogP contribution in [0, 0.1) is 17.2 Å². The van der Waals surface area contributed by atoms with Gasteiger partial charge in [0.05, 0.1) is 17.3 Å². The van der Waals surface area contributed by atoms with Gasteiger partial charge in [0.15, 0.2) is 5.76 Å². The quantitative estimate of drug-likeness (QED) is 0.553. The van der Waals surface area contributed by atoms with Crippen LogP contribution in [0.25, 0.3) is 11.3 Å². The Bertz CT molecular complexity index is 1150. The van der Waals surface area contributed by atoms with E-state index in [0.717, 1.165) is 73.9 Å². The lowest BCUT2D eigenvalue weighted by Gasteiger charge is -2.34. The average Bonchev–Trinajstić information content (AvgIpc) is 3.62. The van der Waals surface area contributed by atoms with E-state index in [-0.39, 0.29) is 0 Å². The lowest BCUT2D eigenvalue weighted by Crippen LogP contribution is -2.48. The van der Waals surface area contributed by atoms with E-state index in [9.17, 15) is 4.79 Å². The van der Waals surface area contributed by atoms with Gasteiger partial charge in [-0.25, -0.2) is 0 Å². The number of nitriles is 1. The van der Waals surface area contributed by atoms with Crippen molar-refractivity contribution in [1.29, 1.82) is 5.26 Å². The molecule has 1 saturated heterocycles. The first-order chi connectivity index (χ1) is 16.2. The van der Waals surface area contributed by atoms with Crippen molar-refractivity contribution in [1.82, 2.24) is 15.0 Å². The Balaban J connectivity index is 1.13. The zero-order valence-corrected chi connectivity index (χ0v) is 18.4. The zero-order chi connectivity index (χ0) is 22.6. The molecule has 168 valence electrons. The predicted molar refractivity (Wildman–Crippen MR) is 122 cm³/mol. The number of aromatic nitrogens is 1. The molecular formula is C26H26N4O3. The van der Waals surface area contributed by atoms with E-state index in [4.69, 9.17) is 14.5 Å². The summed E-state index contributed by atoms with van der Waals surface area (Å²) in [6, 6.07) is 19.2. The van der Waals surface area contributed by atoms with Gasteiger partial charge in [0.2, 0.25) is 5.91 Å². The van der Waals surface area contributed by atoms with Crippen molar-refractivity contribution in [2.75, 3.05) is 26.2 Å². The number of rotatable bonds is 7. The molecular weight excluding hydrogens is 416 g/mol. The highest BCUT2D eigenvalue weighted by Gasteiger charge is 2.34. The fourth-order valence-electron chi connectivity index (χ4n) is 4.08. The molecule has 7 nitrogen and oxygen atoms in total. The molecule has 2 aliphatic rings. The molecule has 1 saturated carbocycles. The molecule has 33 heavy (non-hydrogen) atoms. The molecule has 0 radical (unpaired) electrons. The molecule has 5 rings (SSSR count). The third-order valence-corrected chi connectivity index (χ3v) is 6.16. The monoisotopic (exact) mass is 442 g/mol. The van der Waals surface area contributed by atoms with Gasteiger partial charge in [-0.05, 0) is 54.8 Å². The summed E-state index contributed by atoms with van der Waals surface area (Å²) in [7, 11) is 0. The van der Waals surface area contributed by atoms with Gasteiger partial charge in [-0.15, -0.1) is 0 Å². The van der Waals surface area contributed by atoms with Crippen molar-refractivity contribution in [3.8, 4) is 23.1 Å². The van der Waals surface area contributed by atoms with E-state index >= 15 is 0 Å². The summed E-state index contributed by atoms with van der Waals surface area (Å²) in [5, 5.41) is 13.2. The number of ether oxygens (including phenoxy) is 1. The van der Waals surface area contributed by atoms with Gasteiger partial charge in [-0.2, -0.15) is 5.26 Å². The van der Waals surface area contributed by atoms with Crippen LogP contribution in [0.1, 0.15) is 29.7 Å². The summed E-state index contributed by atoms with van der Waals surface area (Å²) in [6.07, 6.45) is 2.12. The molecule has 3 aromatic rings. The van der Waals surface area contributed by atoms with Gasteiger partial charge in [0.25, 0.3) is 0 Å². The van der Waals surface area contributed by atoms with Gasteiger partial charge in [-0.1, -0.05) is 17.3 Å². The number of hydrogen-bond donors (Lipinski definition) is 0. The summed E-state index contributed by atoms with van der Waals surface area (Å²) < 4.78 is 11.4. The SMILES string of the molecule is N#Cc1cccc(COc2ccc(-c3cc(CN4CCN(C(=O)C5CC5)CC4)no3)cc2)c1. The largest absolute Gasteiger partial charge is 0.489 e. The molecule has 0 unspecified atom stereocenters.